The number of rotatable bonds is 11. The molecular weight excluding hydrogens is 615 g/mol. The molecule has 0 unspecified atom stereocenters. The van der Waals surface area contributed by atoms with E-state index < -0.39 is 38.7 Å². The van der Waals surface area contributed by atoms with Gasteiger partial charge in [-0.05, 0) is 64.7 Å². The molecule has 0 saturated carbocycles. The second-order valence-corrected chi connectivity index (χ2v) is 12.3. The number of halogens is 3. The van der Waals surface area contributed by atoms with Gasteiger partial charge in [-0.2, -0.15) is 13.2 Å². The van der Waals surface area contributed by atoms with Crippen LogP contribution < -0.4 is 9.04 Å². The Morgan fingerprint density at radius 2 is 1.35 bits per heavy atom. The highest BCUT2D eigenvalue weighted by Gasteiger charge is 2.33. The van der Waals surface area contributed by atoms with E-state index in [0.717, 1.165) is 39.2 Å². The number of hydrogen-bond donors (Lipinski definition) is 0. The van der Waals surface area contributed by atoms with Crippen LogP contribution in [0.3, 0.4) is 0 Å². The Morgan fingerprint density at radius 1 is 0.739 bits per heavy atom. The van der Waals surface area contributed by atoms with Gasteiger partial charge < -0.3 is 9.47 Å². The molecule has 0 aromatic heterocycles. The minimum atomic E-state index is -4.72. The Morgan fingerprint density at radius 3 is 1.96 bits per heavy atom. The van der Waals surface area contributed by atoms with Crippen molar-refractivity contribution in [1.82, 2.24) is 0 Å². The molecule has 6 nitrogen and oxygen atoms in total. The third-order valence-electron chi connectivity index (χ3n) is 7.27. The molecule has 1 atom stereocenters. The average molecular weight is 646 g/mol. The van der Waals surface area contributed by atoms with Crippen LogP contribution in [0.1, 0.15) is 16.7 Å². The highest BCUT2D eigenvalue weighted by Crippen LogP contribution is 2.33. The van der Waals surface area contributed by atoms with E-state index in [1.165, 1.54) is 31.4 Å². The highest BCUT2D eigenvalue weighted by atomic mass is 32.2. The van der Waals surface area contributed by atoms with Crippen LogP contribution in [0.4, 0.5) is 18.9 Å². The van der Waals surface area contributed by atoms with Gasteiger partial charge in [0, 0.05) is 6.42 Å². The second kappa shape index (κ2) is 13.9. The van der Waals surface area contributed by atoms with Gasteiger partial charge in [0.25, 0.3) is 10.0 Å². The molecule has 0 amide bonds. The van der Waals surface area contributed by atoms with Crippen LogP contribution in [0.5, 0.6) is 5.75 Å². The number of nitrogens with zero attached hydrogens (tertiary/aromatic N) is 1. The SMILES string of the molecule is COC(=O)[C@H](Cc1ccccc1)Oc1ccc(N(Cc2ccc(-c3ccccc3)cc2)S(=O)(=O)c2cccc(C(F)(F)F)c2)cc1. The number of anilines is 1. The quantitative estimate of drug-likeness (QED) is 0.137. The smallest absolute Gasteiger partial charge is 0.416 e. The average Bonchev–Trinajstić information content (AvgIpc) is 3.08. The van der Waals surface area contributed by atoms with Gasteiger partial charge in [-0.15, -0.1) is 0 Å². The first kappa shape index (κ1) is 32.3. The predicted molar refractivity (Wildman–Crippen MR) is 170 cm³/mol. The lowest BCUT2D eigenvalue weighted by Gasteiger charge is -2.26. The van der Waals surface area contributed by atoms with Gasteiger partial charge in [0.1, 0.15) is 5.75 Å². The zero-order chi connectivity index (χ0) is 32.7. The van der Waals surface area contributed by atoms with Crippen molar-refractivity contribution in [2.45, 2.75) is 30.1 Å². The summed E-state index contributed by atoms with van der Waals surface area (Å²) in [5, 5.41) is 0. The minimum Gasteiger partial charge on any atom is -0.478 e. The van der Waals surface area contributed by atoms with Gasteiger partial charge >= 0.3 is 12.1 Å². The van der Waals surface area contributed by atoms with Gasteiger partial charge in [-0.1, -0.05) is 91.0 Å². The van der Waals surface area contributed by atoms with E-state index in [4.69, 9.17) is 9.47 Å². The van der Waals surface area contributed by atoms with Gasteiger partial charge in [0.15, 0.2) is 6.10 Å². The topological polar surface area (TPSA) is 72.9 Å². The van der Waals surface area contributed by atoms with Crippen LogP contribution in [0, 0.1) is 0 Å². The molecule has 5 aromatic rings. The zero-order valence-electron chi connectivity index (χ0n) is 24.7. The highest BCUT2D eigenvalue weighted by molar-refractivity contribution is 7.92. The first-order chi connectivity index (χ1) is 22.0. The number of sulfonamides is 1. The summed E-state index contributed by atoms with van der Waals surface area (Å²) in [4.78, 5) is 12.0. The molecule has 5 aromatic carbocycles. The van der Waals surface area contributed by atoms with E-state index >= 15 is 0 Å². The lowest BCUT2D eigenvalue weighted by molar-refractivity contribution is -0.148. The minimum absolute atomic E-state index is 0.160. The first-order valence-corrected chi connectivity index (χ1v) is 15.7. The molecule has 0 aliphatic heterocycles. The monoisotopic (exact) mass is 645 g/mol. The van der Waals surface area contributed by atoms with Crippen molar-refractivity contribution in [2.24, 2.45) is 0 Å². The summed E-state index contributed by atoms with van der Waals surface area (Å²) in [7, 11) is -3.21. The summed E-state index contributed by atoms with van der Waals surface area (Å²) in [6.45, 7) is -0.160. The van der Waals surface area contributed by atoms with Gasteiger partial charge in [0.05, 0.1) is 29.8 Å². The fourth-order valence-corrected chi connectivity index (χ4v) is 6.36. The fourth-order valence-electron chi connectivity index (χ4n) is 4.86. The second-order valence-electron chi connectivity index (χ2n) is 10.4. The maximum absolute atomic E-state index is 14.0. The number of carbonyl (C=O) groups excluding carboxylic acids is 1. The van der Waals surface area contributed by atoms with E-state index in [1.807, 2.05) is 72.8 Å². The van der Waals surface area contributed by atoms with E-state index in [-0.39, 0.29) is 24.4 Å². The molecule has 46 heavy (non-hydrogen) atoms. The molecular formula is C36H30F3NO5S. The number of ether oxygens (including phenoxy) is 2. The zero-order valence-corrected chi connectivity index (χ0v) is 25.5. The van der Waals surface area contributed by atoms with Crippen molar-refractivity contribution < 1.29 is 35.9 Å². The molecule has 0 aliphatic rings. The molecule has 0 saturated heterocycles. The predicted octanol–water partition coefficient (Wildman–Crippen LogP) is 7.93. The van der Waals surface area contributed by atoms with Crippen molar-refractivity contribution in [1.29, 1.82) is 0 Å². The molecule has 0 spiro atoms. The molecule has 0 radical (unpaired) electrons. The standard InChI is InChI=1S/C36H30F3NO5S/c1-44-35(41)34(23-26-9-4-2-5-10-26)45-32-21-19-31(20-22-32)40(46(42,43)33-14-8-13-30(24-33)36(37,38)39)25-27-15-17-29(18-16-27)28-11-6-3-7-12-28/h2-22,24,34H,23,25H2,1H3/t34-/m0/s1. The van der Waals surface area contributed by atoms with E-state index in [2.05, 4.69) is 0 Å². The molecule has 236 valence electrons. The van der Waals surface area contributed by atoms with Crippen LogP contribution in [0.15, 0.2) is 138 Å². The number of benzene rings is 5. The number of carbonyl (C=O) groups is 1. The van der Waals surface area contributed by atoms with Crippen molar-refractivity contribution in [3.63, 3.8) is 0 Å². The normalized spacial score (nSPS) is 12.3. The van der Waals surface area contributed by atoms with Crippen molar-refractivity contribution in [3.8, 4) is 16.9 Å². The third-order valence-corrected chi connectivity index (χ3v) is 9.04. The largest absolute Gasteiger partial charge is 0.478 e. The molecule has 0 heterocycles. The van der Waals surface area contributed by atoms with Crippen molar-refractivity contribution in [2.75, 3.05) is 11.4 Å². The molecule has 0 N–H and O–H groups in total. The van der Waals surface area contributed by atoms with Crippen LogP contribution in [0.25, 0.3) is 11.1 Å². The summed E-state index contributed by atoms with van der Waals surface area (Å²) in [6, 6.07) is 35.8. The summed E-state index contributed by atoms with van der Waals surface area (Å²) in [5.74, 6) is -0.306. The fraction of sp³-hybridized carbons (Fsp3) is 0.139. The maximum atomic E-state index is 14.0. The summed E-state index contributed by atoms with van der Waals surface area (Å²) in [6.07, 6.45) is -5.45. The first-order valence-electron chi connectivity index (χ1n) is 14.3. The lowest BCUT2D eigenvalue weighted by Crippen LogP contribution is -2.31. The maximum Gasteiger partial charge on any atom is 0.416 e. The number of methoxy groups -OCH3 is 1. The Bertz CT molecular complexity index is 1860. The van der Waals surface area contributed by atoms with E-state index in [1.54, 1.807) is 12.1 Å². The van der Waals surface area contributed by atoms with E-state index in [0.29, 0.717) is 11.6 Å². The van der Waals surface area contributed by atoms with E-state index in [9.17, 15) is 26.4 Å². The number of hydrogen-bond acceptors (Lipinski definition) is 5. The van der Waals surface area contributed by atoms with Crippen LogP contribution in [-0.2, 0) is 38.7 Å². The lowest BCUT2D eigenvalue weighted by atomic mass is 10.0. The van der Waals surface area contributed by atoms with Crippen LogP contribution in [-0.4, -0.2) is 27.6 Å². The van der Waals surface area contributed by atoms with Gasteiger partial charge in [0.2, 0.25) is 0 Å². The Kier molecular flexibility index (Phi) is 9.77. The molecule has 0 bridgehead atoms. The van der Waals surface area contributed by atoms with Gasteiger partial charge in [-0.25, -0.2) is 13.2 Å². The number of esters is 1. The van der Waals surface area contributed by atoms with Crippen molar-refractivity contribution >= 4 is 21.7 Å². The molecule has 10 heteroatoms. The Labute approximate surface area is 265 Å². The summed E-state index contributed by atoms with van der Waals surface area (Å²) in [5.41, 5.74) is 2.49. The number of alkyl halides is 3. The van der Waals surface area contributed by atoms with Gasteiger partial charge in [-0.3, -0.25) is 4.31 Å². The molecule has 5 rings (SSSR count). The molecule has 0 aliphatic carbocycles. The van der Waals surface area contributed by atoms with Crippen LogP contribution >= 0.6 is 0 Å². The summed E-state index contributed by atoms with van der Waals surface area (Å²) >= 11 is 0. The van der Waals surface area contributed by atoms with Crippen LogP contribution in [0.2, 0.25) is 0 Å². The third kappa shape index (κ3) is 7.76. The Balaban J connectivity index is 1.47. The Hall–Kier alpha value is -5.09. The molecule has 0 fully saturated rings. The summed E-state index contributed by atoms with van der Waals surface area (Å²) < 4.78 is 80.4. The van der Waals surface area contributed by atoms with Crippen molar-refractivity contribution in [3.05, 3.63) is 150 Å².